The lowest BCUT2D eigenvalue weighted by atomic mass is 10.1. The van der Waals surface area contributed by atoms with Crippen LogP contribution in [-0.2, 0) is 6.42 Å². The Balaban J connectivity index is 1.81. The molecule has 0 heterocycles. The Hall–Kier alpha value is -3.34. The van der Waals surface area contributed by atoms with E-state index in [2.05, 4.69) is 21.0 Å². The van der Waals surface area contributed by atoms with Crippen molar-refractivity contribution in [1.82, 2.24) is 0 Å². The summed E-state index contributed by atoms with van der Waals surface area (Å²) < 4.78 is 45.4. The van der Waals surface area contributed by atoms with Gasteiger partial charge in [-0.05, 0) is 48.4 Å². The van der Waals surface area contributed by atoms with E-state index in [-0.39, 0.29) is 18.3 Å². The third-order valence-corrected chi connectivity index (χ3v) is 3.29. The number of hydrogen-bond donors (Lipinski definition) is 2. The first-order chi connectivity index (χ1) is 12.9. The number of guanidine groups is 1. The molecular weight excluding hydrogens is 359 g/mol. The predicted molar refractivity (Wildman–Crippen MR) is 97.7 cm³/mol. The van der Waals surface area contributed by atoms with Gasteiger partial charge in [-0.3, -0.25) is 4.99 Å². The fraction of sp³-hybridized carbons (Fsp3) is 0.211. The van der Waals surface area contributed by atoms with E-state index in [1.54, 1.807) is 0 Å². The van der Waals surface area contributed by atoms with E-state index in [1.165, 1.54) is 24.3 Å². The molecule has 0 unspecified atom stereocenters. The third kappa shape index (κ3) is 7.61. The van der Waals surface area contributed by atoms with Crippen LogP contribution in [0.1, 0.15) is 5.56 Å². The van der Waals surface area contributed by atoms with E-state index in [0.717, 1.165) is 5.56 Å². The van der Waals surface area contributed by atoms with Crippen LogP contribution in [0.3, 0.4) is 0 Å². The molecule has 142 valence electrons. The van der Waals surface area contributed by atoms with Crippen LogP contribution in [0.2, 0.25) is 0 Å². The third-order valence-electron chi connectivity index (χ3n) is 3.29. The Bertz CT molecular complexity index is 795. The van der Waals surface area contributed by atoms with Gasteiger partial charge < -0.3 is 20.5 Å². The first kappa shape index (κ1) is 20.0. The number of benzene rings is 2. The monoisotopic (exact) mass is 377 g/mol. The average Bonchev–Trinajstić information content (AvgIpc) is 2.61. The van der Waals surface area contributed by atoms with E-state index in [0.29, 0.717) is 24.4 Å². The Kier molecular flexibility index (Phi) is 6.94. The van der Waals surface area contributed by atoms with Crippen LogP contribution >= 0.6 is 0 Å². The molecule has 2 aromatic carbocycles. The second-order valence-corrected chi connectivity index (χ2v) is 5.35. The lowest BCUT2D eigenvalue weighted by Gasteiger charge is -2.10. The highest BCUT2D eigenvalue weighted by Crippen LogP contribution is 2.23. The summed E-state index contributed by atoms with van der Waals surface area (Å²) in [6.07, 6.45) is 1.07. The molecule has 0 saturated carbocycles. The largest absolute Gasteiger partial charge is 0.573 e. The maximum Gasteiger partial charge on any atom is 0.573 e. The molecule has 2 rings (SSSR count). The summed E-state index contributed by atoms with van der Waals surface area (Å²) in [5.41, 5.74) is 7.33. The lowest BCUT2D eigenvalue weighted by Crippen LogP contribution is -2.23. The summed E-state index contributed by atoms with van der Waals surface area (Å²) in [6, 6.07) is 12.7. The normalized spacial score (nSPS) is 11.6. The second kappa shape index (κ2) is 9.38. The zero-order valence-electron chi connectivity index (χ0n) is 14.3. The van der Waals surface area contributed by atoms with Gasteiger partial charge in [-0.15, -0.1) is 19.6 Å². The molecule has 0 radical (unpaired) electrons. The van der Waals surface area contributed by atoms with Crippen LogP contribution in [-0.4, -0.2) is 25.5 Å². The van der Waals surface area contributed by atoms with Crippen LogP contribution < -0.4 is 20.5 Å². The van der Waals surface area contributed by atoms with E-state index >= 15 is 0 Å². The number of hydrogen-bond acceptors (Lipinski definition) is 3. The Morgan fingerprint density at radius 2 is 1.70 bits per heavy atom. The number of ether oxygens (including phenoxy) is 2. The lowest BCUT2D eigenvalue weighted by molar-refractivity contribution is -0.274. The van der Waals surface area contributed by atoms with Crippen molar-refractivity contribution in [3.05, 3.63) is 54.1 Å². The van der Waals surface area contributed by atoms with Gasteiger partial charge in [0.05, 0.1) is 0 Å². The molecule has 2 aromatic rings. The van der Waals surface area contributed by atoms with Gasteiger partial charge in [0.25, 0.3) is 0 Å². The number of alkyl halides is 3. The smallest absolute Gasteiger partial charge is 0.481 e. The van der Waals surface area contributed by atoms with Crippen molar-refractivity contribution in [3.8, 4) is 23.8 Å². The average molecular weight is 377 g/mol. The van der Waals surface area contributed by atoms with Crippen molar-refractivity contribution in [3.63, 3.8) is 0 Å². The molecule has 0 atom stereocenters. The number of halogens is 3. The van der Waals surface area contributed by atoms with E-state index in [1.807, 2.05) is 24.3 Å². The van der Waals surface area contributed by atoms with Crippen LogP contribution in [0.5, 0.6) is 11.5 Å². The minimum absolute atomic E-state index is 0.161. The van der Waals surface area contributed by atoms with Crippen LogP contribution in [0.4, 0.5) is 18.9 Å². The molecule has 0 bridgehead atoms. The minimum Gasteiger partial charge on any atom is -0.481 e. The molecule has 0 fully saturated rings. The van der Waals surface area contributed by atoms with Crippen molar-refractivity contribution < 1.29 is 22.6 Å². The summed E-state index contributed by atoms with van der Waals surface area (Å²) >= 11 is 0. The highest BCUT2D eigenvalue weighted by Gasteiger charge is 2.30. The van der Waals surface area contributed by atoms with Gasteiger partial charge in [0.1, 0.15) is 18.1 Å². The molecule has 8 heteroatoms. The van der Waals surface area contributed by atoms with Crippen molar-refractivity contribution in [2.75, 3.05) is 18.5 Å². The maximum absolute atomic E-state index is 12.1. The minimum atomic E-state index is -4.72. The van der Waals surface area contributed by atoms with Crippen molar-refractivity contribution in [2.45, 2.75) is 12.8 Å². The van der Waals surface area contributed by atoms with E-state index < -0.39 is 6.36 Å². The van der Waals surface area contributed by atoms with Crippen LogP contribution in [0.15, 0.2) is 53.5 Å². The molecular formula is C19H18F3N3O2. The Morgan fingerprint density at radius 3 is 2.30 bits per heavy atom. The topological polar surface area (TPSA) is 68.9 Å². The van der Waals surface area contributed by atoms with Crippen molar-refractivity contribution in [1.29, 1.82) is 0 Å². The summed E-state index contributed by atoms with van der Waals surface area (Å²) in [4.78, 5) is 4.18. The fourth-order valence-corrected chi connectivity index (χ4v) is 2.11. The van der Waals surface area contributed by atoms with Gasteiger partial charge in [-0.1, -0.05) is 18.1 Å². The van der Waals surface area contributed by atoms with Gasteiger partial charge in [-0.2, -0.15) is 0 Å². The summed E-state index contributed by atoms with van der Waals surface area (Å²) in [6.45, 7) is 0.661. The molecule has 0 spiro atoms. The Labute approximate surface area is 155 Å². The first-order valence-electron chi connectivity index (χ1n) is 7.94. The fourth-order valence-electron chi connectivity index (χ4n) is 2.11. The molecule has 0 aromatic heterocycles. The number of rotatable bonds is 7. The number of nitrogens with two attached hydrogens (primary N) is 1. The maximum atomic E-state index is 12.1. The van der Waals surface area contributed by atoms with Crippen LogP contribution in [0.25, 0.3) is 0 Å². The number of nitrogens with one attached hydrogen (secondary N) is 1. The molecule has 0 aliphatic heterocycles. The van der Waals surface area contributed by atoms with E-state index in [4.69, 9.17) is 16.9 Å². The van der Waals surface area contributed by atoms with Crippen LogP contribution in [0, 0.1) is 12.3 Å². The summed E-state index contributed by atoms with van der Waals surface area (Å²) in [5, 5.41) is 2.80. The molecule has 0 saturated heterocycles. The first-order valence-corrected chi connectivity index (χ1v) is 7.94. The van der Waals surface area contributed by atoms with Gasteiger partial charge in [-0.25, -0.2) is 0 Å². The standard InChI is InChI=1S/C19H18F3N3O2/c1-2-13-26-16-7-3-14(4-8-16)11-12-24-18(23)25-15-5-9-17(10-6-15)27-19(20,21)22/h1,3-10H,11-13H2,(H3,23,24,25). The summed E-state index contributed by atoms with van der Waals surface area (Å²) in [7, 11) is 0. The number of nitrogens with zero attached hydrogens (tertiary/aromatic N) is 1. The molecule has 3 N–H and O–H groups in total. The quantitative estimate of drug-likeness (QED) is 0.440. The highest BCUT2D eigenvalue weighted by molar-refractivity contribution is 5.92. The molecule has 0 aliphatic carbocycles. The van der Waals surface area contributed by atoms with Gasteiger partial charge in [0.2, 0.25) is 0 Å². The van der Waals surface area contributed by atoms with Gasteiger partial charge in [0.15, 0.2) is 5.96 Å². The molecule has 5 nitrogen and oxygen atoms in total. The molecule has 27 heavy (non-hydrogen) atoms. The highest BCUT2D eigenvalue weighted by atomic mass is 19.4. The molecule has 0 aliphatic rings. The van der Waals surface area contributed by atoms with Crippen molar-refractivity contribution >= 4 is 11.6 Å². The number of terminal acetylenes is 1. The number of aliphatic imine (C=N–C) groups is 1. The zero-order valence-corrected chi connectivity index (χ0v) is 14.3. The van der Waals surface area contributed by atoms with Crippen molar-refractivity contribution in [2.24, 2.45) is 10.7 Å². The predicted octanol–water partition coefficient (Wildman–Crippen LogP) is 3.57. The molecule has 0 amide bonds. The second-order valence-electron chi connectivity index (χ2n) is 5.35. The van der Waals surface area contributed by atoms with Gasteiger partial charge in [0, 0.05) is 12.2 Å². The SMILES string of the molecule is C#CCOc1ccc(CCN=C(N)Nc2ccc(OC(F)(F)F)cc2)cc1. The van der Waals surface area contributed by atoms with Gasteiger partial charge >= 0.3 is 6.36 Å². The van der Waals surface area contributed by atoms with E-state index in [9.17, 15) is 13.2 Å². The Morgan fingerprint density at radius 1 is 1.07 bits per heavy atom. The zero-order chi connectivity index (χ0) is 19.7. The summed E-state index contributed by atoms with van der Waals surface area (Å²) in [5.74, 6) is 2.94. The number of anilines is 1.